The SMILES string of the molecule is COCNc1ncnc2[nH]cc(C(=O)c3ccc(CC4CCC(F)CC4)nc3F)c12. The number of alkyl halides is 1. The lowest BCUT2D eigenvalue weighted by atomic mass is 9.85. The van der Waals surface area contributed by atoms with E-state index in [9.17, 15) is 13.6 Å². The summed E-state index contributed by atoms with van der Waals surface area (Å²) in [5.74, 6) is -0.606. The number of fused-ring (bicyclic) bond motifs is 1. The van der Waals surface area contributed by atoms with Crippen LogP contribution < -0.4 is 5.32 Å². The third-order valence-electron chi connectivity index (χ3n) is 5.52. The van der Waals surface area contributed by atoms with Crippen LogP contribution in [0, 0.1) is 11.9 Å². The predicted octanol–water partition coefficient (Wildman–Crippen LogP) is 3.81. The Morgan fingerprint density at radius 2 is 2.03 bits per heavy atom. The van der Waals surface area contributed by atoms with Crippen molar-refractivity contribution in [2.45, 2.75) is 38.3 Å². The van der Waals surface area contributed by atoms with Crippen LogP contribution in [0.5, 0.6) is 0 Å². The fraction of sp³-hybridized carbons (Fsp3) is 0.429. The number of ketones is 1. The average molecular weight is 415 g/mol. The lowest BCUT2D eigenvalue weighted by Gasteiger charge is -2.23. The van der Waals surface area contributed by atoms with E-state index in [1.165, 1.54) is 25.7 Å². The number of pyridine rings is 1. The van der Waals surface area contributed by atoms with Crippen molar-refractivity contribution in [1.82, 2.24) is 19.9 Å². The van der Waals surface area contributed by atoms with Crippen LogP contribution in [0.2, 0.25) is 0 Å². The van der Waals surface area contributed by atoms with E-state index in [1.54, 1.807) is 6.07 Å². The van der Waals surface area contributed by atoms with Crippen molar-refractivity contribution in [3.8, 4) is 0 Å². The molecule has 158 valence electrons. The first-order valence-electron chi connectivity index (χ1n) is 9.96. The highest BCUT2D eigenvalue weighted by Gasteiger charge is 2.24. The van der Waals surface area contributed by atoms with Crippen LogP contribution in [-0.2, 0) is 11.2 Å². The molecule has 2 N–H and O–H groups in total. The summed E-state index contributed by atoms with van der Waals surface area (Å²) in [4.78, 5) is 28.2. The first-order valence-corrected chi connectivity index (χ1v) is 9.96. The van der Waals surface area contributed by atoms with Crippen LogP contribution in [0.4, 0.5) is 14.6 Å². The van der Waals surface area contributed by atoms with Gasteiger partial charge in [0.25, 0.3) is 0 Å². The molecule has 9 heteroatoms. The van der Waals surface area contributed by atoms with Crippen LogP contribution in [0.15, 0.2) is 24.7 Å². The Kier molecular flexibility index (Phi) is 5.98. The quantitative estimate of drug-likeness (QED) is 0.346. The Morgan fingerprint density at radius 3 is 2.77 bits per heavy atom. The molecule has 0 aromatic carbocycles. The zero-order valence-corrected chi connectivity index (χ0v) is 16.6. The molecule has 0 amide bonds. The number of aromatic nitrogens is 4. The van der Waals surface area contributed by atoms with Crippen LogP contribution in [-0.4, -0.2) is 45.7 Å². The lowest BCUT2D eigenvalue weighted by molar-refractivity contribution is 0.103. The second kappa shape index (κ2) is 8.83. The number of methoxy groups -OCH3 is 1. The summed E-state index contributed by atoms with van der Waals surface area (Å²) in [6, 6.07) is 3.14. The van der Waals surface area contributed by atoms with E-state index in [0.717, 1.165) is 12.8 Å². The number of hydrogen-bond donors (Lipinski definition) is 2. The van der Waals surface area contributed by atoms with Gasteiger partial charge in [-0.1, -0.05) is 0 Å². The van der Waals surface area contributed by atoms with Gasteiger partial charge in [-0.15, -0.1) is 0 Å². The number of aromatic amines is 1. The maximum Gasteiger partial charge on any atom is 0.224 e. The van der Waals surface area contributed by atoms with Gasteiger partial charge in [-0.3, -0.25) is 4.79 Å². The van der Waals surface area contributed by atoms with Crippen LogP contribution in [0.25, 0.3) is 11.0 Å². The maximum absolute atomic E-state index is 14.7. The fourth-order valence-corrected chi connectivity index (χ4v) is 3.94. The van der Waals surface area contributed by atoms with E-state index in [-0.39, 0.29) is 17.9 Å². The highest BCUT2D eigenvalue weighted by Crippen LogP contribution is 2.29. The standard InChI is InChI=1S/C21H23F2N5O2/c1-30-11-27-21-17-16(9-24-20(17)25-10-26-21)18(29)15-7-6-14(28-19(15)23)8-12-2-4-13(22)5-3-12/h6-7,9-10,12-13H,2-5,8,11H2,1H3,(H2,24,25,26,27). The van der Waals surface area contributed by atoms with E-state index in [1.807, 2.05) is 0 Å². The highest BCUT2D eigenvalue weighted by molar-refractivity contribution is 6.17. The van der Waals surface area contributed by atoms with Crippen LogP contribution in [0.1, 0.15) is 47.3 Å². The summed E-state index contributed by atoms with van der Waals surface area (Å²) in [6.07, 6.45) is 5.35. The van der Waals surface area contributed by atoms with Crippen molar-refractivity contribution < 1.29 is 18.3 Å². The zero-order chi connectivity index (χ0) is 21.1. The van der Waals surface area contributed by atoms with Gasteiger partial charge in [0.15, 0.2) is 5.78 Å². The molecule has 1 aliphatic rings. The Hall–Kier alpha value is -2.94. The Bertz CT molecular complexity index is 1050. The lowest BCUT2D eigenvalue weighted by Crippen LogP contribution is -2.17. The molecular weight excluding hydrogens is 392 g/mol. The normalized spacial score (nSPS) is 19.2. The number of anilines is 1. The summed E-state index contributed by atoms with van der Waals surface area (Å²) in [5, 5.41) is 3.42. The Morgan fingerprint density at radius 1 is 1.23 bits per heavy atom. The van der Waals surface area contributed by atoms with Crippen LogP contribution >= 0.6 is 0 Å². The van der Waals surface area contributed by atoms with Gasteiger partial charge in [-0.05, 0) is 50.2 Å². The highest BCUT2D eigenvalue weighted by atomic mass is 19.1. The molecule has 0 atom stereocenters. The van der Waals surface area contributed by atoms with Gasteiger partial charge in [-0.25, -0.2) is 19.3 Å². The minimum absolute atomic E-state index is 0.117. The zero-order valence-electron chi connectivity index (χ0n) is 16.6. The van der Waals surface area contributed by atoms with Crippen molar-refractivity contribution in [2.75, 3.05) is 19.2 Å². The second-order valence-corrected chi connectivity index (χ2v) is 7.55. The van der Waals surface area contributed by atoms with Crippen molar-refractivity contribution in [1.29, 1.82) is 0 Å². The van der Waals surface area contributed by atoms with Crippen LogP contribution in [0.3, 0.4) is 0 Å². The van der Waals surface area contributed by atoms with Gasteiger partial charge in [0.05, 0.1) is 16.5 Å². The number of nitrogens with one attached hydrogen (secondary N) is 2. The molecule has 1 aliphatic carbocycles. The smallest absolute Gasteiger partial charge is 0.224 e. The Labute approximate surface area is 172 Å². The summed E-state index contributed by atoms with van der Waals surface area (Å²) < 4.78 is 33.1. The van der Waals surface area contributed by atoms with Gasteiger partial charge in [0.1, 0.15) is 30.7 Å². The second-order valence-electron chi connectivity index (χ2n) is 7.55. The summed E-state index contributed by atoms with van der Waals surface area (Å²) in [5.41, 5.74) is 1.17. The first-order chi connectivity index (χ1) is 14.6. The molecule has 0 spiro atoms. The predicted molar refractivity (Wildman–Crippen MR) is 108 cm³/mol. The van der Waals surface area contributed by atoms with Crippen molar-refractivity contribution in [2.24, 2.45) is 5.92 Å². The largest absolute Gasteiger partial charge is 0.365 e. The van der Waals surface area contributed by atoms with E-state index >= 15 is 0 Å². The molecule has 0 saturated heterocycles. The van der Waals surface area contributed by atoms with Crippen molar-refractivity contribution in [3.63, 3.8) is 0 Å². The van der Waals surface area contributed by atoms with Gasteiger partial charge in [0.2, 0.25) is 5.95 Å². The maximum atomic E-state index is 14.7. The minimum Gasteiger partial charge on any atom is -0.365 e. The number of carbonyl (C=O) groups is 1. The van der Waals surface area contributed by atoms with Gasteiger partial charge in [0, 0.05) is 19.0 Å². The van der Waals surface area contributed by atoms with Crippen molar-refractivity contribution >= 4 is 22.6 Å². The van der Waals surface area contributed by atoms with Gasteiger partial charge >= 0.3 is 0 Å². The molecule has 4 rings (SSSR count). The van der Waals surface area contributed by atoms with Gasteiger partial charge in [-0.2, -0.15) is 4.39 Å². The Balaban J connectivity index is 1.58. The molecule has 3 heterocycles. The number of hydrogen-bond acceptors (Lipinski definition) is 6. The number of H-pyrrole nitrogens is 1. The molecule has 0 radical (unpaired) electrons. The van der Waals surface area contributed by atoms with E-state index in [4.69, 9.17) is 4.74 Å². The molecule has 3 aromatic rings. The third kappa shape index (κ3) is 4.16. The molecule has 3 aromatic heterocycles. The fourth-order valence-electron chi connectivity index (χ4n) is 3.94. The number of nitrogens with zero attached hydrogens (tertiary/aromatic N) is 3. The van der Waals surface area contributed by atoms with E-state index in [2.05, 4.69) is 25.3 Å². The topological polar surface area (TPSA) is 92.8 Å². The molecule has 1 fully saturated rings. The van der Waals surface area contributed by atoms with E-state index in [0.29, 0.717) is 47.7 Å². The summed E-state index contributed by atoms with van der Waals surface area (Å²) in [6.45, 7) is 0.194. The molecule has 7 nitrogen and oxygen atoms in total. The van der Waals surface area contributed by atoms with E-state index < -0.39 is 17.9 Å². The molecular formula is C21H23F2N5O2. The van der Waals surface area contributed by atoms with Gasteiger partial charge < -0.3 is 15.0 Å². The molecule has 0 unspecified atom stereocenters. The summed E-state index contributed by atoms with van der Waals surface area (Å²) >= 11 is 0. The van der Waals surface area contributed by atoms with Crippen molar-refractivity contribution in [3.05, 3.63) is 47.4 Å². The first kappa shape index (κ1) is 20.3. The minimum atomic E-state index is -0.811. The number of rotatable bonds is 7. The molecule has 0 bridgehead atoms. The number of carbonyl (C=O) groups excluding carboxylic acids is 1. The molecule has 0 aliphatic heterocycles. The average Bonchev–Trinajstić information content (AvgIpc) is 3.18. The number of halogens is 2. The molecule has 1 saturated carbocycles. The number of ether oxygens (including phenoxy) is 1. The molecule has 30 heavy (non-hydrogen) atoms. The third-order valence-corrected chi connectivity index (χ3v) is 5.52. The summed E-state index contributed by atoms with van der Waals surface area (Å²) in [7, 11) is 1.53. The monoisotopic (exact) mass is 415 g/mol.